The van der Waals surface area contributed by atoms with Crippen LogP contribution in [0.5, 0.6) is 0 Å². The summed E-state index contributed by atoms with van der Waals surface area (Å²) in [5, 5.41) is 16.1. The molecular formula is C15H14N4O. The fourth-order valence-electron chi connectivity index (χ4n) is 2.78. The van der Waals surface area contributed by atoms with Crippen LogP contribution >= 0.6 is 0 Å². The van der Waals surface area contributed by atoms with Gasteiger partial charge in [-0.15, -0.1) is 0 Å². The highest BCUT2D eigenvalue weighted by Gasteiger charge is 2.31. The monoisotopic (exact) mass is 266 g/mol. The van der Waals surface area contributed by atoms with Crippen LogP contribution in [0.3, 0.4) is 0 Å². The predicted octanol–water partition coefficient (Wildman–Crippen LogP) is 2.07. The van der Waals surface area contributed by atoms with Gasteiger partial charge in [-0.1, -0.05) is 12.1 Å². The van der Waals surface area contributed by atoms with Crippen molar-refractivity contribution >= 4 is 11.7 Å². The van der Waals surface area contributed by atoms with Gasteiger partial charge in [-0.3, -0.25) is 9.48 Å². The molecule has 1 aromatic carbocycles. The van der Waals surface area contributed by atoms with Crippen LogP contribution in [0.25, 0.3) is 0 Å². The van der Waals surface area contributed by atoms with Gasteiger partial charge in [0.05, 0.1) is 17.3 Å². The number of nitriles is 1. The van der Waals surface area contributed by atoms with Gasteiger partial charge >= 0.3 is 0 Å². The highest BCUT2D eigenvalue weighted by atomic mass is 16.1. The lowest BCUT2D eigenvalue weighted by atomic mass is 9.85. The maximum Gasteiger partial charge on any atom is 0.226 e. The van der Waals surface area contributed by atoms with E-state index in [2.05, 4.69) is 16.5 Å². The molecule has 0 spiro atoms. The van der Waals surface area contributed by atoms with Gasteiger partial charge in [-0.2, -0.15) is 10.4 Å². The van der Waals surface area contributed by atoms with Crippen LogP contribution in [0.1, 0.15) is 34.7 Å². The van der Waals surface area contributed by atoms with Gasteiger partial charge in [0.2, 0.25) is 5.91 Å². The van der Waals surface area contributed by atoms with Crippen LogP contribution in [0.2, 0.25) is 0 Å². The molecule has 2 aromatic rings. The van der Waals surface area contributed by atoms with Crippen molar-refractivity contribution in [3.63, 3.8) is 0 Å². The van der Waals surface area contributed by atoms with Gasteiger partial charge in [0.25, 0.3) is 0 Å². The number of hydrogen-bond donors (Lipinski definition) is 1. The Bertz CT molecular complexity index is 722. The van der Waals surface area contributed by atoms with E-state index in [1.165, 1.54) is 0 Å². The Morgan fingerprint density at radius 2 is 2.10 bits per heavy atom. The van der Waals surface area contributed by atoms with Gasteiger partial charge in [0.15, 0.2) is 0 Å². The molecule has 0 aliphatic carbocycles. The van der Waals surface area contributed by atoms with Crippen LogP contribution in [0.4, 0.5) is 5.82 Å². The van der Waals surface area contributed by atoms with Crippen LogP contribution in [0.15, 0.2) is 24.3 Å². The summed E-state index contributed by atoms with van der Waals surface area (Å²) in [6.45, 7) is 1.95. The molecule has 1 N–H and O–H groups in total. The summed E-state index contributed by atoms with van der Waals surface area (Å²) in [7, 11) is 1.83. The second-order valence-corrected chi connectivity index (χ2v) is 5.01. The minimum Gasteiger partial charge on any atom is -0.311 e. The van der Waals surface area contributed by atoms with Crippen LogP contribution in [-0.2, 0) is 11.8 Å². The van der Waals surface area contributed by atoms with Gasteiger partial charge in [0.1, 0.15) is 5.82 Å². The molecule has 20 heavy (non-hydrogen) atoms. The smallest absolute Gasteiger partial charge is 0.226 e. The summed E-state index contributed by atoms with van der Waals surface area (Å²) in [6, 6.07) is 9.50. The van der Waals surface area contributed by atoms with Gasteiger partial charge < -0.3 is 5.32 Å². The molecule has 0 saturated carbocycles. The lowest BCUT2D eigenvalue weighted by Crippen LogP contribution is -2.24. The maximum atomic E-state index is 11.9. The zero-order valence-electron chi connectivity index (χ0n) is 11.3. The Kier molecular flexibility index (Phi) is 2.79. The molecule has 5 nitrogen and oxygen atoms in total. The normalized spacial score (nSPS) is 17.2. The van der Waals surface area contributed by atoms with Crippen LogP contribution in [0, 0.1) is 18.3 Å². The number of aryl methyl sites for hydroxylation is 2. The van der Waals surface area contributed by atoms with Crippen molar-refractivity contribution in [2.24, 2.45) is 7.05 Å². The Hall–Kier alpha value is -2.61. The highest BCUT2D eigenvalue weighted by molar-refractivity contribution is 5.94. The second kappa shape index (κ2) is 4.49. The third-order valence-electron chi connectivity index (χ3n) is 3.71. The van der Waals surface area contributed by atoms with Crippen molar-refractivity contribution in [3.8, 4) is 6.07 Å². The molecule has 1 aromatic heterocycles. The first-order chi connectivity index (χ1) is 9.60. The zero-order chi connectivity index (χ0) is 14.3. The zero-order valence-corrected chi connectivity index (χ0v) is 11.3. The predicted molar refractivity (Wildman–Crippen MR) is 74.2 cm³/mol. The molecular weight excluding hydrogens is 252 g/mol. The summed E-state index contributed by atoms with van der Waals surface area (Å²) in [5.41, 5.74) is 3.65. The number of anilines is 1. The molecule has 100 valence electrons. The first-order valence-electron chi connectivity index (χ1n) is 6.43. The third-order valence-corrected chi connectivity index (χ3v) is 3.71. The average Bonchev–Trinajstić information content (AvgIpc) is 2.73. The van der Waals surface area contributed by atoms with Crippen molar-refractivity contribution in [3.05, 3.63) is 46.6 Å². The molecule has 1 aliphatic heterocycles. The summed E-state index contributed by atoms with van der Waals surface area (Å²) in [4.78, 5) is 11.9. The number of nitrogens with one attached hydrogen (secondary N) is 1. The summed E-state index contributed by atoms with van der Waals surface area (Å²) >= 11 is 0. The molecule has 1 aliphatic rings. The Morgan fingerprint density at radius 3 is 2.75 bits per heavy atom. The number of rotatable bonds is 1. The van der Waals surface area contributed by atoms with E-state index in [4.69, 9.17) is 5.26 Å². The van der Waals surface area contributed by atoms with Gasteiger partial charge in [0, 0.05) is 24.9 Å². The van der Waals surface area contributed by atoms with Gasteiger partial charge in [-0.25, -0.2) is 0 Å². The van der Waals surface area contributed by atoms with E-state index < -0.39 is 0 Å². The van der Waals surface area contributed by atoms with E-state index in [0.29, 0.717) is 12.0 Å². The lowest BCUT2D eigenvalue weighted by molar-refractivity contribution is -0.116. The van der Waals surface area contributed by atoms with Crippen molar-refractivity contribution < 1.29 is 4.79 Å². The number of carbonyl (C=O) groups excluding carboxylic acids is 1. The number of aromatic nitrogens is 2. The number of hydrogen-bond acceptors (Lipinski definition) is 3. The standard InChI is InChI=1S/C15H14N4O/c1-9-14-12(11-5-3-10(8-16)4-6-11)7-13(20)17-15(14)19(2)18-9/h3-6,12H,7H2,1-2H3,(H,17,20)/t12-/m1/s1. The van der Waals surface area contributed by atoms with E-state index in [1.807, 2.05) is 26.1 Å². The Morgan fingerprint density at radius 1 is 1.40 bits per heavy atom. The van der Waals surface area contributed by atoms with E-state index in [-0.39, 0.29) is 11.8 Å². The van der Waals surface area contributed by atoms with Crippen LogP contribution in [-0.4, -0.2) is 15.7 Å². The molecule has 0 bridgehead atoms. The first kappa shape index (κ1) is 12.4. The number of nitrogens with zero attached hydrogens (tertiary/aromatic N) is 3. The molecule has 1 amide bonds. The molecule has 5 heteroatoms. The molecule has 0 radical (unpaired) electrons. The summed E-state index contributed by atoms with van der Waals surface area (Å²) in [5.74, 6) is 0.767. The lowest BCUT2D eigenvalue weighted by Gasteiger charge is -2.24. The second-order valence-electron chi connectivity index (χ2n) is 5.01. The first-order valence-corrected chi connectivity index (χ1v) is 6.43. The SMILES string of the molecule is Cc1nn(C)c2c1[C@@H](c1ccc(C#N)cc1)CC(=O)N2. The summed E-state index contributed by atoms with van der Waals surface area (Å²) < 4.78 is 1.71. The molecule has 0 unspecified atom stereocenters. The summed E-state index contributed by atoms with van der Waals surface area (Å²) in [6.07, 6.45) is 0.408. The van der Waals surface area contributed by atoms with Crippen molar-refractivity contribution in [2.75, 3.05) is 5.32 Å². The Labute approximate surface area is 116 Å². The van der Waals surface area contributed by atoms with Crippen molar-refractivity contribution in [1.29, 1.82) is 5.26 Å². The molecule has 0 saturated heterocycles. The van der Waals surface area contributed by atoms with Gasteiger partial charge in [-0.05, 0) is 24.6 Å². The third kappa shape index (κ3) is 1.86. The minimum atomic E-state index is -0.00476. The molecule has 2 heterocycles. The van der Waals surface area contributed by atoms with Crippen molar-refractivity contribution in [2.45, 2.75) is 19.3 Å². The fourth-order valence-corrected chi connectivity index (χ4v) is 2.78. The van der Waals surface area contributed by atoms with Crippen molar-refractivity contribution in [1.82, 2.24) is 9.78 Å². The Balaban J connectivity index is 2.10. The highest BCUT2D eigenvalue weighted by Crippen LogP contribution is 2.38. The quantitative estimate of drug-likeness (QED) is 0.859. The minimum absolute atomic E-state index is 0.000179. The number of carbonyl (C=O) groups is 1. The molecule has 3 rings (SSSR count). The number of benzene rings is 1. The van der Waals surface area contributed by atoms with E-state index in [1.54, 1.807) is 16.8 Å². The van der Waals surface area contributed by atoms with Crippen LogP contribution < -0.4 is 5.32 Å². The molecule has 1 atom stereocenters. The van der Waals surface area contributed by atoms with E-state index in [9.17, 15) is 4.79 Å². The average molecular weight is 266 g/mol. The topological polar surface area (TPSA) is 70.7 Å². The number of amides is 1. The largest absolute Gasteiger partial charge is 0.311 e. The fraction of sp³-hybridized carbons (Fsp3) is 0.267. The van der Waals surface area contributed by atoms with E-state index >= 15 is 0 Å². The van der Waals surface area contributed by atoms with E-state index in [0.717, 1.165) is 22.6 Å². The maximum absolute atomic E-state index is 11.9. The molecule has 0 fully saturated rings. The number of fused-ring (bicyclic) bond motifs is 1.